The summed E-state index contributed by atoms with van der Waals surface area (Å²) in [6.07, 6.45) is 3.55. The summed E-state index contributed by atoms with van der Waals surface area (Å²) in [6.45, 7) is 13.7. The lowest BCUT2D eigenvalue weighted by atomic mass is 10.2. The maximum atomic E-state index is 12.8. The van der Waals surface area contributed by atoms with E-state index in [9.17, 15) is 4.79 Å². The van der Waals surface area contributed by atoms with Gasteiger partial charge in [0.15, 0.2) is 0 Å². The highest BCUT2D eigenvalue weighted by Crippen LogP contribution is 2.23. The molecule has 4 rings (SSSR count). The van der Waals surface area contributed by atoms with Gasteiger partial charge in [-0.25, -0.2) is 9.78 Å². The Labute approximate surface area is 168 Å². The van der Waals surface area contributed by atoms with Crippen LogP contribution in [0.5, 0.6) is 0 Å². The van der Waals surface area contributed by atoms with Crippen LogP contribution < -0.4 is 10.2 Å². The minimum atomic E-state index is 0.00789. The lowest BCUT2D eigenvalue weighted by molar-refractivity contribution is 0.103. The van der Waals surface area contributed by atoms with E-state index in [2.05, 4.69) is 26.9 Å². The number of anilines is 2. The molecule has 0 saturated carbocycles. The second kappa shape index (κ2) is 8.66. The van der Waals surface area contributed by atoms with Crippen molar-refractivity contribution in [3.63, 3.8) is 0 Å². The van der Waals surface area contributed by atoms with E-state index in [1.54, 1.807) is 0 Å². The SMILES string of the molecule is CCN1CCN(C2CCN(C(=O)Nc3ccc(N4CCCC4)nc3C)C2)CC1. The molecule has 0 aliphatic carbocycles. The van der Waals surface area contributed by atoms with E-state index in [0.717, 1.165) is 82.5 Å². The number of hydrogen-bond acceptors (Lipinski definition) is 5. The third-order valence-corrected chi connectivity index (χ3v) is 6.56. The number of hydrogen-bond donors (Lipinski definition) is 1. The summed E-state index contributed by atoms with van der Waals surface area (Å²) in [4.78, 5) is 26.9. The summed E-state index contributed by atoms with van der Waals surface area (Å²) in [5, 5.41) is 3.09. The molecule has 2 amide bonds. The van der Waals surface area contributed by atoms with Gasteiger partial charge in [-0.1, -0.05) is 6.92 Å². The highest BCUT2D eigenvalue weighted by atomic mass is 16.2. The molecule has 4 heterocycles. The maximum absolute atomic E-state index is 12.8. The number of rotatable bonds is 4. The molecule has 3 aliphatic heterocycles. The zero-order valence-corrected chi connectivity index (χ0v) is 17.4. The molecule has 3 aliphatic rings. The second-order valence-corrected chi connectivity index (χ2v) is 8.29. The van der Waals surface area contributed by atoms with Gasteiger partial charge in [0.2, 0.25) is 0 Å². The summed E-state index contributed by atoms with van der Waals surface area (Å²) in [5.74, 6) is 1.03. The van der Waals surface area contributed by atoms with Crippen LogP contribution in [-0.4, -0.2) is 90.7 Å². The van der Waals surface area contributed by atoms with Gasteiger partial charge >= 0.3 is 6.03 Å². The number of amides is 2. The lowest BCUT2D eigenvalue weighted by Crippen LogP contribution is -2.51. The molecule has 3 fully saturated rings. The fourth-order valence-electron chi connectivity index (χ4n) is 4.67. The van der Waals surface area contributed by atoms with Crippen LogP contribution in [0.2, 0.25) is 0 Å². The van der Waals surface area contributed by atoms with Crippen molar-refractivity contribution in [2.45, 2.75) is 39.2 Å². The monoisotopic (exact) mass is 386 g/mol. The van der Waals surface area contributed by atoms with Crippen molar-refractivity contribution in [1.82, 2.24) is 19.7 Å². The highest BCUT2D eigenvalue weighted by Gasteiger charge is 2.32. The number of pyridine rings is 1. The van der Waals surface area contributed by atoms with Gasteiger partial charge in [-0.15, -0.1) is 0 Å². The average Bonchev–Trinajstić information content (AvgIpc) is 3.42. The van der Waals surface area contributed by atoms with Crippen molar-refractivity contribution in [3.05, 3.63) is 17.8 Å². The van der Waals surface area contributed by atoms with E-state index in [1.165, 1.54) is 12.8 Å². The second-order valence-electron chi connectivity index (χ2n) is 8.29. The van der Waals surface area contributed by atoms with Crippen LogP contribution in [0, 0.1) is 6.92 Å². The van der Waals surface area contributed by atoms with Crippen LogP contribution in [0.15, 0.2) is 12.1 Å². The minimum absolute atomic E-state index is 0.00789. The quantitative estimate of drug-likeness (QED) is 0.860. The number of aryl methyl sites for hydroxylation is 1. The van der Waals surface area contributed by atoms with Gasteiger partial charge in [-0.2, -0.15) is 0 Å². The summed E-state index contributed by atoms with van der Waals surface area (Å²) >= 11 is 0. The Kier molecular flexibility index (Phi) is 6.01. The third kappa shape index (κ3) is 4.25. The number of piperazine rings is 1. The summed E-state index contributed by atoms with van der Waals surface area (Å²) in [5.41, 5.74) is 1.72. The molecule has 7 nitrogen and oxygen atoms in total. The predicted molar refractivity (Wildman–Crippen MR) is 113 cm³/mol. The van der Waals surface area contributed by atoms with E-state index < -0.39 is 0 Å². The van der Waals surface area contributed by atoms with Crippen LogP contribution in [0.3, 0.4) is 0 Å². The Morgan fingerprint density at radius 3 is 2.54 bits per heavy atom. The molecule has 1 N–H and O–H groups in total. The molecule has 1 aromatic heterocycles. The first-order valence-electron chi connectivity index (χ1n) is 10.9. The van der Waals surface area contributed by atoms with Crippen LogP contribution >= 0.6 is 0 Å². The molecule has 3 saturated heterocycles. The number of likely N-dealkylation sites (N-methyl/N-ethyl adjacent to an activating group) is 1. The van der Waals surface area contributed by atoms with Gasteiger partial charge in [0, 0.05) is 58.4 Å². The molecule has 154 valence electrons. The van der Waals surface area contributed by atoms with Crippen molar-refractivity contribution < 1.29 is 4.79 Å². The number of aromatic nitrogens is 1. The van der Waals surface area contributed by atoms with Crippen LogP contribution in [0.4, 0.5) is 16.3 Å². The summed E-state index contributed by atoms with van der Waals surface area (Å²) in [7, 11) is 0. The number of urea groups is 1. The number of nitrogens with one attached hydrogen (secondary N) is 1. The molecular weight excluding hydrogens is 352 g/mol. The van der Waals surface area contributed by atoms with Crippen LogP contribution in [0.1, 0.15) is 31.9 Å². The first-order chi connectivity index (χ1) is 13.6. The largest absolute Gasteiger partial charge is 0.357 e. The molecule has 0 bridgehead atoms. The smallest absolute Gasteiger partial charge is 0.321 e. The topological polar surface area (TPSA) is 55.0 Å². The minimum Gasteiger partial charge on any atom is -0.357 e. The first kappa shape index (κ1) is 19.5. The molecule has 1 aromatic rings. The normalized spacial score (nSPS) is 24.1. The zero-order chi connectivity index (χ0) is 19.5. The van der Waals surface area contributed by atoms with Crippen molar-refractivity contribution in [3.8, 4) is 0 Å². The van der Waals surface area contributed by atoms with E-state index in [4.69, 9.17) is 4.98 Å². The third-order valence-electron chi connectivity index (χ3n) is 6.56. The Hall–Kier alpha value is -1.86. The van der Waals surface area contributed by atoms with Gasteiger partial charge in [-0.05, 0) is 44.9 Å². The van der Waals surface area contributed by atoms with Crippen LogP contribution in [-0.2, 0) is 0 Å². The Morgan fingerprint density at radius 2 is 1.86 bits per heavy atom. The lowest BCUT2D eigenvalue weighted by Gasteiger charge is -2.37. The molecule has 7 heteroatoms. The van der Waals surface area contributed by atoms with Gasteiger partial charge in [0.05, 0.1) is 11.4 Å². The molecule has 28 heavy (non-hydrogen) atoms. The van der Waals surface area contributed by atoms with Crippen molar-refractivity contribution in [1.29, 1.82) is 0 Å². The van der Waals surface area contributed by atoms with Crippen LogP contribution in [0.25, 0.3) is 0 Å². The van der Waals surface area contributed by atoms with E-state index in [1.807, 2.05) is 24.0 Å². The maximum Gasteiger partial charge on any atom is 0.321 e. The molecular formula is C21H34N6O. The first-order valence-corrected chi connectivity index (χ1v) is 10.9. The average molecular weight is 387 g/mol. The number of carbonyl (C=O) groups is 1. The van der Waals surface area contributed by atoms with Crippen molar-refractivity contribution in [2.75, 3.05) is 69.1 Å². The molecule has 1 unspecified atom stereocenters. The zero-order valence-electron chi connectivity index (χ0n) is 17.4. The number of carbonyl (C=O) groups excluding carboxylic acids is 1. The molecule has 0 radical (unpaired) electrons. The standard InChI is InChI=1S/C21H34N6O/c1-3-24-12-14-25(15-13-24)18-8-11-27(16-18)21(28)23-19-6-7-20(22-17(19)2)26-9-4-5-10-26/h6-7,18H,3-5,8-16H2,1-2H3,(H,23,28). The molecule has 0 aromatic carbocycles. The van der Waals surface area contributed by atoms with E-state index in [-0.39, 0.29) is 6.03 Å². The van der Waals surface area contributed by atoms with Gasteiger partial charge in [0.1, 0.15) is 5.82 Å². The fourth-order valence-corrected chi connectivity index (χ4v) is 4.67. The summed E-state index contributed by atoms with van der Waals surface area (Å²) in [6, 6.07) is 4.55. The van der Waals surface area contributed by atoms with Crippen molar-refractivity contribution in [2.24, 2.45) is 0 Å². The Bertz CT molecular complexity index is 681. The Morgan fingerprint density at radius 1 is 1.11 bits per heavy atom. The van der Waals surface area contributed by atoms with Gasteiger partial charge < -0.3 is 20.0 Å². The van der Waals surface area contributed by atoms with Gasteiger partial charge in [0.25, 0.3) is 0 Å². The predicted octanol–water partition coefficient (Wildman–Crippen LogP) is 2.23. The fraction of sp³-hybridized carbons (Fsp3) is 0.714. The van der Waals surface area contributed by atoms with E-state index in [0.29, 0.717) is 6.04 Å². The highest BCUT2D eigenvalue weighted by molar-refractivity contribution is 5.90. The Balaban J connectivity index is 1.30. The van der Waals surface area contributed by atoms with Crippen molar-refractivity contribution >= 4 is 17.5 Å². The molecule has 0 spiro atoms. The number of likely N-dealkylation sites (tertiary alicyclic amines) is 1. The van der Waals surface area contributed by atoms with E-state index >= 15 is 0 Å². The summed E-state index contributed by atoms with van der Waals surface area (Å²) < 4.78 is 0. The van der Waals surface area contributed by atoms with Gasteiger partial charge in [-0.3, -0.25) is 4.90 Å². The molecule has 1 atom stereocenters. The number of nitrogens with zero attached hydrogens (tertiary/aromatic N) is 5.